The molecule has 0 spiro atoms. The van der Waals surface area contributed by atoms with Gasteiger partial charge in [0.2, 0.25) is 0 Å². The lowest BCUT2D eigenvalue weighted by atomic mass is 10.0. The second-order valence-corrected chi connectivity index (χ2v) is 3.13. The Labute approximate surface area is 74.2 Å². The van der Waals surface area contributed by atoms with E-state index in [0.29, 0.717) is 5.78 Å². The number of ketones is 1. The van der Waals surface area contributed by atoms with Crippen molar-refractivity contribution >= 4 is 5.78 Å². The number of hydrogen-bond donors (Lipinski definition) is 0. The van der Waals surface area contributed by atoms with Crippen LogP contribution in [-0.2, 0) is 4.79 Å². The third-order valence-corrected chi connectivity index (χ3v) is 2.35. The maximum atomic E-state index is 11.1. The van der Waals surface area contributed by atoms with Crippen LogP contribution < -0.4 is 0 Å². The smallest absolute Gasteiger partial charge is 0.157 e. The van der Waals surface area contributed by atoms with Crippen molar-refractivity contribution in [1.82, 2.24) is 4.90 Å². The zero-order valence-corrected chi connectivity index (χ0v) is 7.97. The van der Waals surface area contributed by atoms with E-state index in [1.165, 1.54) is 5.70 Å². The number of rotatable bonds is 3. The Balaban J connectivity index is 2.65. The van der Waals surface area contributed by atoms with Gasteiger partial charge in [-0.15, -0.1) is 0 Å². The van der Waals surface area contributed by atoms with Crippen LogP contribution in [0.15, 0.2) is 11.8 Å². The van der Waals surface area contributed by atoms with Crippen molar-refractivity contribution in [2.24, 2.45) is 0 Å². The minimum Gasteiger partial charge on any atom is -0.375 e. The summed E-state index contributed by atoms with van der Waals surface area (Å²) in [7, 11) is 0. The van der Waals surface area contributed by atoms with Crippen LogP contribution in [0.5, 0.6) is 0 Å². The largest absolute Gasteiger partial charge is 0.375 e. The van der Waals surface area contributed by atoms with Crippen LogP contribution in [-0.4, -0.2) is 23.8 Å². The van der Waals surface area contributed by atoms with Gasteiger partial charge in [-0.05, 0) is 26.7 Å². The molecule has 0 bridgehead atoms. The number of carbonyl (C=O) groups is 1. The van der Waals surface area contributed by atoms with E-state index in [9.17, 15) is 4.79 Å². The molecule has 1 rings (SSSR count). The average molecular weight is 167 g/mol. The quantitative estimate of drug-likeness (QED) is 0.640. The number of hydrogen-bond acceptors (Lipinski definition) is 2. The topological polar surface area (TPSA) is 20.3 Å². The Morgan fingerprint density at radius 1 is 1.33 bits per heavy atom. The molecular weight excluding hydrogens is 150 g/mol. The predicted octanol–water partition coefficient (Wildman–Crippen LogP) is 1.97. The first-order valence-corrected chi connectivity index (χ1v) is 4.76. The van der Waals surface area contributed by atoms with Crippen LogP contribution in [0.2, 0.25) is 0 Å². The summed E-state index contributed by atoms with van der Waals surface area (Å²) in [6.45, 7) is 6.28. The third kappa shape index (κ3) is 2.10. The molecule has 0 aromatic carbocycles. The Morgan fingerprint density at radius 3 is 2.50 bits per heavy atom. The Hall–Kier alpha value is -0.790. The van der Waals surface area contributed by atoms with Gasteiger partial charge in [0.25, 0.3) is 0 Å². The van der Waals surface area contributed by atoms with Crippen LogP contribution in [0.4, 0.5) is 0 Å². The van der Waals surface area contributed by atoms with Crippen molar-refractivity contribution in [3.63, 3.8) is 0 Å². The third-order valence-electron chi connectivity index (χ3n) is 2.35. The van der Waals surface area contributed by atoms with E-state index in [-0.39, 0.29) is 0 Å². The second kappa shape index (κ2) is 4.29. The molecule has 0 amide bonds. The average Bonchev–Trinajstić information content (AvgIpc) is 2.07. The lowest BCUT2D eigenvalue weighted by Gasteiger charge is -2.26. The molecule has 0 unspecified atom stereocenters. The van der Waals surface area contributed by atoms with E-state index in [1.807, 2.05) is 6.08 Å². The van der Waals surface area contributed by atoms with E-state index < -0.39 is 0 Å². The zero-order chi connectivity index (χ0) is 8.97. The molecule has 0 fully saturated rings. The van der Waals surface area contributed by atoms with Crippen LogP contribution in [0.3, 0.4) is 0 Å². The highest BCUT2D eigenvalue weighted by molar-refractivity contribution is 5.91. The molecule has 12 heavy (non-hydrogen) atoms. The number of allylic oxidation sites excluding steroid dienone is 2. The van der Waals surface area contributed by atoms with Crippen molar-refractivity contribution in [2.75, 3.05) is 13.1 Å². The van der Waals surface area contributed by atoms with Crippen LogP contribution in [0, 0.1) is 0 Å². The summed E-state index contributed by atoms with van der Waals surface area (Å²) in [6, 6.07) is 0. The van der Waals surface area contributed by atoms with Gasteiger partial charge in [-0.1, -0.05) is 0 Å². The molecule has 0 heterocycles. The lowest BCUT2D eigenvalue weighted by Crippen LogP contribution is -2.24. The first-order chi connectivity index (χ1) is 5.77. The summed E-state index contributed by atoms with van der Waals surface area (Å²) in [5.41, 5.74) is 1.23. The highest BCUT2D eigenvalue weighted by Crippen LogP contribution is 2.18. The van der Waals surface area contributed by atoms with Gasteiger partial charge in [-0.3, -0.25) is 4.79 Å². The van der Waals surface area contributed by atoms with Crippen LogP contribution in [0.25, 0.3) is 0 Å². The van der Waals surface area contributed by atoms with Gasteiger partial charge in [0.05, 0.1) is 0 Å². The summed E-state index contributed by atoms with van der Waals surface area (Å²) in [4.78, 5) is 13.4. The molecule has 0 atom stereocenters. The monoisotopic (exact) mass is 167 g/mol. The minimum absolute atomic E-state index is 0.295. The molecule has 68 valence electrons. The lowest BCUT2D eigenvalue weighted by molar-refractivity contribution is -0.115. The van der Waals surface area contributed by atoms with E-state index in [0.717, 1.165) is 32.4 Å². The van der Waals surface area contributed by atoms with E-state index >= 15 is 0 Å². The fourth-order valence-corrected chi connectivity index (χ4v) is 1.65. The normalized spacial score (nSPS) is 17.5. The molecule has 1 aliphatic rings. The molecule has 1 aliphatic carbocycles. The molecule has 0 aromatic rings. The van der Waals surface area contributed by atoms with E-state index in [4.69, 9.17) is 0 Å². The van der Waals surface area contributed by atoms with Crippen LogP contribution >= 0.6 is 0 Å². The van der Waals surface area contributed by atoms with Crippen molar-refractivity contribution < 1.29 is 4.79 Å². The Morgan fingerprint density at radius 2 is 2.00 bits per heavy atom. The Kier molecular flexibility index (Phi) is 3.32. The first kappa shape index (κ1) is 9.30. The number of nitrogens with zero attached hydrogens (tertiary/aromatic N) is 1. The molecule has 2 heteroatoms. The first-order valence-electron chi connectivity index (χ1n) is 4.76. The summed E-state index contributed by atoms with van der Waals surface area (Å²) in [5.74, 6) is 0.295. The highest BCUT2D eigenvalue weighted by atomic mass is 16.1. The molecular formula is C10H17NO. The molecule has 0 saturated heterocycles. The maximum absolute atomic E-state index is 11.1. The molecule has 0 radical (unpaired) electrons. The summed E-state index contributed by atoms with van der Waals surface area (Å²) < 4.78 is 0. The second-order valence-electron chi connectivity index (χ2n) is 3.13. The van der Waals surface area contributed by atoms with Gasteiger partial charge in [0.1, 0.15) is 0 Å². The SMILES string of the molecule is CCN(CC)C1=CC(=O)CCC1. The van der Waals surface area contributed by atoms with E-state index in [1.54, 1.807) is 0 Å². The fraction of sp³-hybridized carbons (Fsp3) is 0.700. The highest BCUT2D eigenvalue weighted by Gasteiger charge is 2.13. The molecule has 0 saturated carbocycles. The van der Waals surface area contributed by atoms with Gasteiger partial charge in [-0.2, -0.15) is 0 Å². The zero-order valence-electron chi connectivity index (χ0n) is 7.97. The van der Waals surface area contributed by atoms with Gasteiger partial charge in [0, 0.05) is 31.3 Å². The molecule has 0 N–H and O–H groups in total. The van der Waals surface area contributed by atoms with Crippen molar-refractivity contribution in [3.8, 4) is 0 Å². The number of carbonyl (C=O) groups excluding carboxylic acids is 1. The summed E-state index contributed by atoms with van der Waals surface area (Å²) in [5, 5.41) is 0. The van der Waals surface area contributed by atoms with Gasteiger partial charge in [0.15, 0.2) is 5.78 Å². The fourth-order valence-electron chi connectivity index (χ4n) is 1.65. The van der Waals surface area contributed by atoms with Crippen molar-refractivity contribution in [1.29, 1.82) is 0 Å². The van der Waals surface area contributed by atoms with Gasteiger partial charge in [-0.25, -0.2) is 0 Å². The van der Waals surface area contributed by atoms with E-state index in [2.05, 4.69) is 18.7 Å². The predicted molar refractivity (Wildman–Crippen MR) is 49.9 cm³/mol. The summed E-state index contributed by atoms with van der Waals surface area (Å²) in [6.07, 6.45) is 4.66. The van der Waals surface area contributed by atoms with Crippen LogP contribution in [0.1, 0.15) is 33.1 Å². The Bertz CT molecular complexity index is 192. The summed E-state index contributed by atoms with van der Waals surface area (Å²) >= 11 is 0. The van der Waals surface area contributed by atoms with Gasteiger partial charge >= 0.3 is 0 Å². The van der Waals surface area contributed by atoms with Gasteiger partial charge < -0.3 is 4.90 Å². The maximum Gasteiger partial charge on any atom is 0.157 e. The molecule has 2 nitrogen and oxygen atoms in total. The molecule has 0 aromatic heterocycles. The standard InChI is InChI=1S/C10H17NO/c1-3-11(4-2)9-6-5-7-10(12)8-9/h8H,3-7H2,1-2H3. The minimum atomic E-state index is 0.295. The molecule has 0 aliphatic heterocycles. The van der Waals surface area contributed by atoms with Crippen molar-refractivity contribution in [3.05, 3.63) is 11.8 Å². The van der Waals surface area contributed by atoms with Crippen molar-refractivity contribution in [2.45, 2.75) is 33.1 Å².